The largest absolute Gasteiger partial charge is 0.465 e. The van der Waals surface area contributed by atoms with Gasteiger partial charge in [0, 0.05) is 10.7 Å². The second-order valence-corrected chi connectivity index (χ2v) is 8.32. The highest BCUT2D eigenvalue weighted by Gasteiger charge is 2.20. The number of nitrogens with zero attached hydrogens (tertiary/aromatic N) is 2. The number of hydrogen-bond acceptors (Lipinski definition) is 7. The molecular formula is C21H21ClN4O5S. The Morgan fingerprint density at radius 2 is 2.00 bits per heavy atom. The summed E-state index contributed by atoms with van der Waals surface area (Å²) < 4.78 is 5.96. The number of carbonyl (C=O) groups is 3. The molecule has 2 N–H and O–H groups in total. The van der Waals surface area contributed by atoms with E-state index in [0.717, 1.165) is 16.9 Å². The number of anilines is 1. The van der Waals surface area contributed by atoms with E-state index in [4.69, 9.17) is 16.3 Å². The maximum Gasteiger partial charge on any atom is 0.325 e. The lowest BCUT2D eigenvalue weighted by molar-refractivity contribution is -0.141. The third-order valence-corrected chi connectivity index (χ3v) is 6.20. The van der Waals surface area contributed by atoms with E-state index in [0.29, 0.717) is 21.1 Å². The van der Waals surface area contributed by atoms with E-state index >= 15 is 0 Å². The van der Waals surface area contributed by atoms with Crippen LogP contribution in [0, 0.1) is 13.8 Å². The highest BCUT2D eigenvalue weighted by molar-refractivity contribution is 7.20. The van der Waals surface area contributed by atoms with Gasteiger partial charge in [-0.2, -0.15) is 0 Å². The van der Waals surface area contributed by atoms with Gasteiger partial charge in [0.15, 0.2) is 0 Å². The molecular weight excluding hydrogens is 456 g/mol. The van der Waals surface area contributed by atoms with E-state index in [9.17, 15) is 19.2 Å². The van der Waals surface area contributed by atoms with Gasteiger partial charge in [-0.15, -0.1) is 11.3 Å². The van der Waals surface area contributed by atoms with E-state index in [1.54, 1.807) is 32.0 Å². The summed E-state index contributed by atoms with van der Waals surface area (Å²) in [6, 6.07) is 5.12. The number of aromatic nitrogens is 2. The van der Waals surface area contributed by atoms with Crippen molar-refractivity contribution in [3.8, 4) is 0 Å². The summed E-state index contributed by atoms with van der Waals surface area (Å²) in [7, 11) is 0. The van der Waals surface area contributed by atoms with Gasteiger partial charge >= 0.3 is 5.97 Å². The number of aryl methyl sites for hydroxylation is 2. The molecule has 0 fully saturated rings. The van der Waals surface area contributed by atoms with E-state index in [1.807, 2.05) is 6.92 Å². The first-order valence-corrected chi connectivity index (χ1v) is 10.9. The Morgan fingerprint density at radius 1 is 1.25 bits per heavy atom. The molecule has 0 saturated heterocycles. The summed E-state index contributed by atoms with van der Waals surface area (Å²) in [4.78, 5) is 54.1. The Labute approximate surface area is 192 Å². The quantitative estimate of drug-likeness (QED) is 0.506. The molecule has 0 atom stereocenters. The monoisotopic (exact) mass is 476 g/mol. The van der Waals surface area contributed by atoms with Gasteiger partial charge in [-0.25, -0.2) is 4.98 Å². The SMILES string of the molecule is CCOC(=O)CNC(=O)c1sc2ncn(CC(=O)Nc3ccc(C)c(Cl)c3)c(=O)c2c1C. The molecule has 0 spiro atoms. The van der Waals surface area contributed by atoms with Crippen LogP contribution >= 0.6 is 22.9 Å². The molecule has 0 aliphatic rings. The van der Waals surface area contributed by atoms with Gasteiger partial charge in [0.25, 0.3) is 11.5 Å². The summed E-state index contributed by atoms with van der Waals surface area (Å²) in [5.41, 5.74) is 1.39. The lowest BCUT2D eigenvalue weighted by atomic mass is 10.2. The van der Waals surface area contributed by atoms with Crippen LogP contribution in [0.25, 0.3) is 10.2 Å². The molecule has 11 heteroatoms. The molecule has 0 unspecified atom stereocenters. The molecule has 9 nitrogen and oxygen atoms in total. The lowest BCUT2D eigenvalue weighted by Crippen LogP contribution is -2.30. The van der Waals surface area contributed by atoms with Crippen molar-refractivity contribution >= 4 is 56.6 Å². The molecule has 32 heavy (non-hydrogen) atoms. The number of halogens is 1. The van der Waals surface area contributed by atoms with Gasteiger partial charge in [-0.3, -0.25) is 23.7 Å². The summed E-state index contributed by atoms with van der Waals surface area (Å²) >= 11 is 7.12. The zero-order valence-corrected chi connectivity index (χ0v) is 19.2. The molecule has 0 aliphatic carbocycles. The Hall–Kier alpha value is -3.24. The summed E-state index contributed by atoms with van der Waals surface area (Å²) in [5, 5.41) is 5.94. The molecule has 0 bridgehead atoms. The number of nitrogens with one attached hydrogen (secondary N) is 2. The molecule has 0 radical (unpaired) electrons. The number of fused-ring (bicyclic) bond motifs is 1. The van der Waals surface area contributed by atoms with Crippen LogP contribution in [0.15, 0.2) is 29.3 Å². The molecule has 2 amide bonds. The van der Waals surface area contributed by atoms with Crippen molar-refractivity contribution < 1.29 is 19.1 Å². The number of ether oxygens (including phenoxy) is 1. The minimum absolute atomic E-state index is 0.213. The number of carbonyl (C=O) groups excluding carboxylic acids is 3. The van der Waals surface area contributed by atoms with Crippen LogP contribution in [0.3, 0.4) is 0 Å². The minimum atomic E-state index is -0.555. The molecule has 2 aromatic heterocycles. The molecule has 3 aromatic rings. The second-order valence-electron chi connectivity index (χ2n) is 6.91. The average molecular weight is 477 g/mol. The first-order chi connectivity index (χ1) is 15.2. The van der Waals surface area contributed by atoms with Gasteiger partial charge in [-0.05, 0) is 44.0 Å². The predicted octanol–water partition coefficient (Wildman–Crippen LogP) is 2.66. The second kappa shape index (κ2) is 9.92. The number of amides is 2. The van der Waals surface area contributed by atoms with Crippen molar-refractivity contribution in [3.63, 3.8) is 0 Å². The van der Waals surface area contributed by atoms with E-state index < -0.39 is 23.3 Å². The first-order valence-electron chi connectivity index (χ1n) is 9.69. The van der Waals surface area contributed by atoms with Crippen LogP contribution in [0.2, 0.25) is 5.02 Å². The van der Waals surface area contributed by atoms with Crippen LogP contribution in [0.1, 0.15) is 27.7 Å². The Morgan fingerprint density at radius 3 is 2.69 bits per heavy atom. The van der Waals surface area contributed by atoms with E-state index in [-0.39, 0.29) is 30.0 Å². The van der Waals surface area contributed by atoms with Crippen LogP contribution in [-0.4, -0.2) is 40.5 Å². The van der Waals surface area contributed by atoms with E-state index in [2.05, 4.69) is 15.6 Å². The highest BCUT2D eigenvalue weighted by atomic mass is 35.5. The molecule has 168 valence electrons. The van der Waals surface area contributed by atoms with Gasteiger partial charge in [0.2, 0.25) is 5.91 Å². The highest BCUT2D eigenvalue weighted by Crippen LogP contribution is 2.26. The maximum atomic E-state index is 12.9. The Balaban J connectivity index is 1.79. The van der Waals surface area contributed by atoms with Gasteiger partial charge in [0.1, 0.15) is 17.9 Å². The number of rotatable bonds is 7. The van der Waals surface area contributed by atoms with Crippen LogP contribution in [0.4, 0.5) is 5.69 Å². The molecule has 1 aromatic carbocycles. The zero-order valence-electron chi connectivity index (χ0n) is 17.7. The summed E-state index contributed by atoms with van der Waals surface area (Å²) in [6.45, 7) is 4.82. The van der Waals surface area contributed by atoms with Crippen LogP contribution < -0.4 is 16.2 Å². The standard InChI is InChI=1S/C21H21ClN4O5S/c1-4-31-16(28)8-23-19(29)18-12(3)17-20(32-18)24-10-26(21(17)30)9-15(27)25-13-6-5-11(2)14(22)7-13/h5-7,10H,4,8-9H2,1-3H3,(H,23,29)(H,25,27). The Kier molecular flexibility index (Phi) is 7.26. The normalized spacial score (nSPS) is 10.8. The molecule has 2 heterocycles. The van der Waals surface area contributed by atoms with Crippen molar-refractivity contribution in [1.29, 1.82) is 0 Å². The predicted molar refractivity (Wildman–Crippen MR) is 122 cm³/mol. The fourth-order valence-electron chi connectivity index (χ4n) is 2.96. The Bertz CT molecular complexity index is 1270. The van der Waals surface area contributed by atoms with Crippen molar-refractivity contribution in [2.75, 3.05) is 18.5 Å². The number of thiophene rings is 1. The van der Waals surface area contributed by atoms with Crippen LogP contribution in [-0.2, 0) is 20.9 Å². The van der Waals surface area contributed by atoms with Crippen molar-refractivity contribution in [2.45, 2.75) is 27.3 Å². The molecule has 3 rings (SSSR count). The topological polar surface area (TPSA) is 119 Å². The number of esters is 1. The fourth-order valence-corrected chi connectivity index (χ4v) is 4.20. The molecule has 0 saturated carbocycles. The van der Waals surface area contributed by atoms with Gasteiger partial charge in [-0.1, -0.05) is 17.7 Å². The zero-order chi connectivity index (χ0) is 23.4. The average Bonchev–Trinajstić information content (AvgIpc) is 3.08. The number of hydrogen-bond donors (Lipinski definition) is 2. The third kappa shape index (κ3) is 5.14. The van der Waals surface area contributed by atoms with Crippen LogP contribution in [0.5, 0.6) is 0 Å². The van der Waals surface area contributed by atoms with Crippen molar-refractivity contribution in [2.24, 2.45) is 0 Å². The summed E-state index contributed by atoms with van der Waals surface area (Å²) in [6.07, 6.45) is 1.27. The van der Waals surface area contributed by atoms with E-state index in [1.165, 1.54) is 10.9 Å². The third-order valence-electron chi connectivity index (χ3n) is 4.59. The minimum Gasteiger partial charge on any atom is -0.465 e. The van der Waals surface area contributed by atoms with Gasteiger partial charge < -0.3 is 15.4 Å². The van der Waals surface area contributed by atoms with Crippen molar-refractivity contribution in [1.82, 2.24) is 14.9 Å². The maximum absolute atomic E-state index is 12.9. The molecule has 0 aliphatic heterocycles. The van der Waals surface area contributed by atoms with Crippen molar-refractivity contribution in [3.05, 3.63) is 55.9 Å². The fraction of sp³-hybridized carbons (Fsp3) is 0.286. The van der Waals surface area contributed by atoms with Gasteiger partial charge in [0.05, 0.1) is 23.2 Å². The number of benzene rings is 1. The summed E-state index contributed by atoms with van der Waals surface area (Å²) in [5.74, 6) is -1.48. The smallest absolute Gasteiger partial charge is 0.325 e. The lowest BCUT2D eigenvalue weighted by Gasteiger charge is -2.08. The first kappa shape index (κ1) is 23.4.